The Morgan fingerprint density at radius 3 is 2.38 bits per heavy atom. The summed E-state index contributed by atoms with van der Waals surface area (Å²) in [7, 11) is 0. The van der Waals surface area contributed by atoms with Crippen LogP contribution in [-0.4, -0.2) is 45.7 Å². The van der Waals surface area contributed by atoms with E-state index < -0.39 is 40.5 Å². The minimum Gasteiger partial charge on any atom is -0.360 e. The Labute approximate surface area is 234 Å². The molecule has 1 aromatic carbocycles. The van der Waals surface area contributed by atoms with Crippen LogP contribution in [0.15, 0.2) is 47.0 Å². The molecule has 2 N–H and O–H groups in total. The van der Waals surface area contributed by atoms with E-state index in [9.17, 15) is 14.4 Å². The number of fused-ring (bicyclic) bond motifs is 1. The van der Waals surface area contributed by atoms with Crippen LogP contribution in [0.2, 0.25) is 0 Å². The van der Waals surface area contributed by atoms with E-state index in [1.165, 1.54) is 37.7 Å². The molecule has 9 nitrogen and oxygen atoms in total. The Morgan fingerprint density at radius 1 is 1.05 bits per heavy atom. The first-order chi connectivity index (χ1) is 18.9. The lowest BCUT2D eigenvalue weighted by Gasteiger charge is -2.35. The second-order valence-corrected chi connectivity index (χ2v) is 13.0. The standard InChI is InChI=1S/C31H38N4O5/c1-18-17-22(34-39-18)32-26(36)23-24-28(38)35(21-13-11-20(12-14-21)19-9-7-6-8-10-19)25(27(37)33-29(2,3)4)31(24)16-15-30(23,5)40-31/h11-17,19,23-25H,6-10H2,1-5H3,(H,33,37)(H,32,34,36)/t23-,24+,25-,30+,31+/m0/s1. The fraction of sp³-hybridized carbons (Fsp3) is 0.548. The van der Waals surface area contributed by atoms with Crippen molar-refractivity contribution in [3.05, 3.63) is 53.8 Å². The zero-order chi connectivity index (χ0) is 28.4. The fourth-order valence-electron chi connectivity index (χ4n) is 7.22. The van der Waals surface area contributed by atoms with Crippen LogP contribution in [0.5, 0.6) is 0 Å². The topological polar surface area (TPSA) is 114 Å². The minimum absolute atomic E-state index is 0.273. The molecule has 1 aliphatic carbocycles. The molecule has 0 unspecified atom stereocenters. The van der Waals surface area contributed by atoms with Crippen LogP contribution in [-0.2, 0) is 19.1 Å². The highest BCUT2D eigenvalue weighted by atomic mass is 16.5. The molecule has 1 aromatic heterocycles. The number of hydrogen-bond acceptors (Lipinski definition) is 6. The lowest BCUT2D eigenvalue weighted by molar-refractivity contribution is -0.131. The average molecular weight is 547 g/mol. The van der Waals surface area contributed by atoms with Crippen molar-refractivity contribution < 1.29 is 23.6 Å². The number of nitrogens with zero attached hydrogens (tertiary/aromatic N) is 2. The van der Waals surface area contributed by atoms with Gasteiger partial charge in [-0.2, -0.15) is 0 Å². The molecule has 0 radical (unpaired) electrons. The third-order valence-corrected chi connectivity index (χ3v) is 8.85. The predicted molar refractivity (Wildman–Crippen MR) is 150 cm³/mol. The van der Waals surface area contributed by atoms with E-state index >= 15 is 0 Å². The number of rotatable bonds is 5. The number of amides is 3. The predicted octanol–water partition coefficient (Wildman–Crippen LogP) is 4.63. The van der Waals surface area contributed by atoms with Crippen molar-refractivity contribution >= 4 is 29.2 Å². The van der Waals surface area contributed by atoms with E-state index in [1.807, 2.05) is 45.1 Å². The summed E-state index contributed by atoms with van der Waals surface area (Å²) in [6.45, 7) is 9.24. The monoisotopic (exact) mass is 546 g/mol. The van der Waals surface area contributed by atoms with Crippen LogP contribution in [0.3, 0.4) is 0 Å². The summed E-state index contributed by atoms with van der Waals surface area (Å²) in [6.07, 6.45) is 9.73. The molecule has 40 heavy (non-hydrogen) atoms. The zero-order valence-corrected chi connectivity index (χ0v) is 23.8. The van der Waals surface area contributed by atoms with Crippen LogP contribution < -0.4 is 15.5 Å². The molecule has 3 aliphatic heterocycles. The van der Waals surface area contributed by atoms with Crippen molar-refractivity contribution in [3.8, 4) is 0 Å². The number of benzene rings is 1. The Bertz CT molecular complexity index is 1370. The van der Waals surface area contributed by atoms with Gasteiger partial charge in [-0.05, 0) is 71.1 Å². The van der Waals surface area contributed by atoms with Crippen LogP contribution in [0.25, 0.3) is 0 Å². The summed E-state index contributed by atoms with van der Waals surface area (Å²) < 4.78 is 11.7. The molecule has 4 aliphatic rings. The first kappa shape index (κ1) is 26.7. The summed E-state index contributed by atoms with van der Waals surface area (Å²) in [5.41, 5.74) is -0.990. The summed E-state index contributed by atoms with van der Waals surface area (Å²) in [5, 5.41) is 9.74. The van der Waals surface area contributed by atoms with E-state index in [0.717, 1.165) is 0 Å². The molecule has 9 heteroatoms. The number of aromatic nitrogens is 1. The van der Waals surface area contributed by atoms with Crippen LogP contribution >= 0.6 is 0 Å². The summed E-state index contributed by atoms with van der Waals surface area (Å²) in [5.74, 6) is -1.42. The molecule has 4 heterocycles. The van der Waals surface area contributed by atoms with Gasteiger partial charge in [-0.3, -0.25) is 19.3 Å². The van der Waals surface area contributed by atoms with Gasteiger partial charge < -0.3 is 19.9 Å². The van der Waals surface area contributed by atoms with Gasteiger partial charge in [-0.25, -0.2) is 0 Å². The molecular weight excluding hydrogens is 508 g/mol. The Morgan fingerprint density at radius 2 is 1.75 bits per heavy atom. The summed E-state index contributed by atoms with van der Waals surface area (Å²) in [4.78, 5) is 43.6. The molecule has 2 saturated heterocycles. The molecule has 1 spiro atoms. The molecule has 6 rings (SSSR count). The van der Waals surface area contributed by atoms with Crippen molar-refractivity contribution in [2.45, 2.75) is 95.4 Å². The lowest BCUT2D eigenvalue weighted by atomic mass is 9.70. The summed E-state index contributed by atoms with van der Waals surface area (Å²) in [6, 6.07) is 8.67. The molecule has 5 atom stereocenters. The van der Waals surface area contributed by atoms with Crippen LogP contribution in [0, 0.1) is 18.8 Å². The number of ether oxygens (including phenoxy) is 1. The van der Waals surface area contributed by atoms with Gasteiger partial charge in [0.15, 0.2) is 5.82 Å². The maximum Gasteiger partial charge on any atom is 0.246 e. The second kappa shape index (κ2) is 9.29. The number of carbonyl (C=O) groups excluding carboxylic acids is 3. The fourth-order valence-corrected chi connectivity index (χ4v) is 7.22. The second-order valence-electron chi connectivity index (χ2n) is 13.0. The van der Waals surface area contributed by atoms with Crippen LogP contribution in [0.4, 0.5) is 11.5 Å². The highest BCUT2D eigenvalue weighted by Gasteiger charge is 2.76. The maximum absolute atomic E-state index is 14.4. The normalized spacial score (nSPS) is 31.5. The molecule has 2 bridgehead atoms. The van der Waals surface area contributed by atoms with E-state index in [1.54, 1.807) is 24.8 Å². The number of carbonyl (C=O) groups is 3. The van der Waals surface area contributed by atoms with Crippen molar-refractivity contribution in [1.82, 2.24) is 10.5 Å². The van der Waals surface area contributed by atoms with E-state index in [0.29, 0.717) is 17.4 Å². The number of hydrogen-bond donors (Lipinski definition) is 2. The van der Waals surface area contributed by atoms with E-state index in [4.69, 9.17) is 9.26 Å². The molecular formula is C31H38N4O5. The Hall–Kier alpha value is -3.46. The smallest absolute Gasteiger partial charge is 0.246 e. The number of nitrogens with one attached hydrogen (secondary N) is 2. The van der Waals surface area contributed by atoms with Crippen LogP contribution in [0.1, 0.15) is 77.0 Å². The lowest BCUT2D eigenvalue weighted by Crippen LogP contribution is -2.58. The van der Waals surface area contributed by atoms with Crippen molar-refractivity contribution in [2.24, 2.45) is 11.8 Å². The van der Waals surface area contributed by atoms with E-state index in [-0.39, 0.29) is 17.6 Å². The molecule has 3 fully saturated rings. The first-order valence-corrected chi connectivity index (χ1v) is 14.3. The highest BCUT2D eigenvalue weighted by Crippen LogP contribution is 2.60. The van der Waals surface area contributed by atoms with Gasteiger partial charge in [-0.1, -0.05) is 48.7 Å². The highest BCUT2D eigenvalue weighted by molar-refractivity contribution is 6.11. The zero-order valence-electron chi connectivity index (χ0n) is 23.8. The molecule has 2 aromatic rings. The average Bonchev–Trinajstić information content (AvgIpc) is 3.60. The molecule has 1 saturated carbocycles. The van der Waals surface area contributed by atoms with Gasteiger partial charge >= 0.3 is 0 Å². The molecule has 212 valence electrons. The maximum atomic E-state index is 14.4. The van der Waals surface area contributed by atoms with E-state index in [2.05, 4.69) is 27.9 Å². The van der Waals surface area contributed by atoms with Gasteiger partial charge in [0.1, 0.15) is 17.4 Å². The van der Waals surface area contributed by atoms with Gasteiger partial charge in [-0.15, -0.1) is 0 Å². The van der Waals surface area contributed by atoms with Gasteiger partial charge in [0.2, 0.25) is 17.7 Å². The van der Waals surface area contributed by atoms with Gasteiger partial charge in [0.05, 0.1) is 17.4 Å². The Kier molecular flexibility index (Phi) is 6.22. The largest absolute Gasteiger partial charge is 0.360 e. The third kappa shape index (κ3) is 4.26. The first-order valence-electron chi connectivity index (χ1n) is 14.3. The number of aryl methyl sites for hydroxylation is 1. The van der Waals surface area contributed by atoms with Crippen molar-refractivity contribution in [1.29, 1.82) is 0 Å². The SMILES string of the molecule is Cc1cc(NC(=O)[C@@H]2[C@@H]3C(=O)N(c4ccc(C5CCCCC5)cc4)[C@@H](C(=O)NC(C)(C)C)[C@@]34C=C[C@@]2(C)O4)no1. The third-order valence-electron chi connectivity index (χ3n) is 8.85. The number of anilines is 2. The molecule has 3 amide bonds. The van der Waals surface area contributed by atoms with Crippen molar-refractivity contribution in [2.75, 3.05) is 10.2 Å². The Balaban J connectivity index is 1.38. The quantitative estimate of drug-likeness (QED) is 0.529. The minimum atomic E-state index is -1.29. The summed E-state index contributed by atoms with van der Waals surface area (Å²) >= 11 is 0. The van der Waals surface area contributed by atoms with Gasteiger partial charge in [0.25, 0.3) is 0 Å². The van der Waals surface area contributed by atoms with Crippen molar-refractivity contribution in [3.63, 3.8) is 0 Å². The van der Waals surface area contributed by atoms with Gasteiger partial charge in [0, 0.05) is 17.3 Å².